The lowest BCUT2D eigenvalue weighted by molar-refractivity contribution is 0.292. The second-order valence-corrected chi connectivity index (χ2v) is 4.64. The smallest absolute Gasteiger partial charge is 0.230 e. The SMILES string of the molecule is Fc1cc(Cl)ccc1-c1noc(C2CCC2)n1. The van der Waals surface area contributed by atoms with Crippen LogP contribution in [-0.2, 0) is 0 Å². The molecular formula is C12H10ClFN2O. The molecule has 1 fully saturated rings. The van der Waals surface area contributed by atoms with Gasteiger partial charge in [0.2, 0.25) is 11.7 Å². The molecule has 1 saturated carbocycles. The summed E-state index contributed by atoms with van der Waals surface area (Å²) in [4.78, 5) is 4.23. The number of rotatable bonds is 2. The largest absolute Gasteiger partial charge is 0.339 e. The summed E-state index contributed by atoms with van der Waals surface area (Å²) < 4.78 is 18.8. The van der Waals surface area contributed by atoms with E-state index in [1.54, 1.807) is 12.1 Å². The minimum absolute atomic E-state index is 0.293. The third-order valence-electron chi connectivity index (χ3n) is 3.07. The van der Waals surface area contributed by atoms with Crippen molar-refractivity contribution in [2.75, 3.05) is 0 Å². The Morgan fingerprint density at radius 1 is 1.35 bits per heavy atom. The fourth-order valence-corrected chi connectivity index (χ4v) is 2.00. The Bertz CT molecular complexity index is 551. The first kappa shape index (κ1) is 10.7. The summed E-state index contributed by atoms with van der Waals surface area (Å²) in [6.45, 7) is 0. The van der Waals surface area contributed by atoms with Crippen molar-refractivity contribution in [3.63, 3.8) is 0 Å². The first-order chi connectivity index (χ1) is 8.24. The van der Waals surface area contributed by atoms with E-state index in [4.69, 9.17) is 16.1 Å². The van der Waals surface area contributed by atoms with Crippen LogP contribution in [-0.4, -0.2) is 10.1 Å². The third-order valence-corrected chi connectivity index (χ3v) is 3.30. The average Bonchev–Trinajstić information content (AvgIpc) is 2.64. The first-order valence-corrected chi connectivity index (χ1v) is 5.91. The number of aromatic nitrogens is 2. The molecule has 17 heavy (non-hydrogen) atoms. The van der Waals surface area contributed by atoms with Crippen LogP contribution in [0, 0.1) is 5.82 Å². The van der Waals surface area contributed by atoms with Gasteiger partial charge in [0, 0.05) is 10.9 Å². The standard InChI is InChI=1S/C12H10ClFN2O/c13-8-4-5-9(10(14)6-8)11-15-12(17-16-11)7-2-1-3-7/h4-7H,1-3H2. The molecular weight excluding hydrogens is 243 g/mol. The van der Waals surface area contributed by atoms with Crippen LogP contribution in [0.2, 0.25) is 5.02 Å². The van der Waals surface area contributed by atoms with Crippen molar-refractivity contribution in [3.05, 3.63) is 34.9 Å². The fraction of sp³-hybridized carbons (Fsp3) is 0.333. The highest BCUT2D eigenvalue weighted by Gasteiger charge is 2.26. The lowest BCUT2D eigenvalue weighted by Crippen LogP contribution is -2.08. The predicted molar refractivity (Wildman–Crippen MR) is 61.3 cm³/mol. The maximum absolute atomic E-state index is 13.6. The van der Waals surface area contributed by atoms with Gasteiger partial charge in [-0.3, -0.25) is 0 Å². The molecule has 1 aliphatic carbocycles. The van der Waals surface area contributed by atoms with Gasteiger partial charge in [-0.05, 0) is 31.0 Å². The summed E-state index contributed by atoms with van der Waals surface area (Å²) in [5.41, 5.74) is 0.323. The van der Waals surface area contributed by atoms with Gasteiger partial charge in [-0.2, -0.15) is 4.98 Å². The summed E-state index contributed by atoms with van der Waals surface area (Å²) in [5, 5.41) is 4.17. The van der Waals surface area contributed by atoms with Crippen LogP contribution >= 0.6 is 11.6 Å². The zero-order valence-electron chi connectivity index (χ0n) is 8.99. The Morgan fingerprint density at radius 3 is 2.82 bits per heavy atom. The summed E-state index contributed by atoms with van der Waals surface area (Å²) in [6.07, 6.45) is 3.34. The Kier molecular flexibility index (Phi) is 2.59. The van der Waals surface area contributed by atoms with Crippen LogP contribution in [0.3, 0.4) is 0 Å². The summed E-state index contributed by atoms with van der Waals surface area (Å²) in [5.74, 6) is 0.826. The van der Waals surface area contributed by atoms with Gasteiger partial charge in [0.25, 0.3) is 0 Å². The highest BCUT2D eigenvalue weighted by molar-refractivity contribution is 6.30. The summed E-state index contributed by atoms with van der Waals surface area (Å²) in [7, 11) is 0. The van der Waals surface area contributed by atoms with Crippen LogP contribution < -0.4 is 0 Å². The second-order valence-electron chi connectivity index (χ2n) is 4.21. The molecule has 0 spiro atoms. The van der Waals surface area contributed by atoms with E-state index in [0.717, 1.165) is 12.8 Å². The number of hydrogen-bond acceptors (Lipinski definition) is 3. The quantitative estimate of drug-likeness (QED) is 0.816. The van der Waals surface area contributed by atoms with Crippen LogP contribution in [0.1, 0.15) is 31.1 Å². The third kappa shape index (κ3) is 1.93. The molecule has 1 aromatic carbocycles. The highest BCUT2D eigenvalue weighted by atomic mass is 35.5. The molecule has 0 radical (unpaired) electrons. The molecule has 1 aliphatic rings. The molecule has 0 aliphatic heterocycles. The van der Waals surface area contributed by atoms with Crippen molar-refractivity contribution in [3.8, 4) is 11.4 Å². The van der Waals surface area contributed by atoms with Crippen LogP contribution in [0.15, 0.2) is 22.7 Å². The van der Waals surface area contributed by atoms with Gasteiger partial charge in [-0.25, -0.2) is 4.39 Å². The van der Waals surface area contributed by atoms with E-state index in [1.807, 2.05) is 0 Å². The van der Waals surface area contributed by atoms with Crippen molar-refractivity contribution in [1.82, 2.24) is 10.1 Å². The van der Waals surface area contributed by atoms with Crippen LogP contribution in [0.5, 0.6) is 0 Å². The van der Waals surface area contributed by atoms with E-state index < -0.39 is 5.82 Å². The maximum Gasteiger partial charge on any atom is 0.230 e. The molecule has 0 unspecified atom stereocenters. The minimum Gasteiger partial charge on any atom is -0.339 e. The van der Waals surface area contributed by atoms with Gasteiger partial charge in [-0.1, -0.05) is 23.2 Å². The van der Waals surface area contributed by atoms with E-state index in [-0.39, 0.29) is 0 Å². The Morgan fingerprint density at radius 2 is 2.18 bits per heavy atom. The number of nitrogens with zero attached hydrogens (tertiary/aromatic N) is 2. The van der Waals surface area contributed by atoms with E-state index in [2.05, 4.69) is 10.1 Å². The molecule has 0 atom stereocenters. The molecule has 88 valence electrons. The zero-order valence-corrected chi connectivity index (χ0v) is 9.75. The number of halogens is 2. The molecule has 2 aromatic rings. The maximum atomic E-state index is 13.6. The molecule has 3 rings (SSSR count). The Balaban J connectivity index is 1.94. The van der Waals surface area contributed by atoms with Gasteiger partial charge in [-0.15, -0.1) is 0 Å². The predicted octanol–water partition coefficient (Wildman–Crippen LogP) is 3.80. The van der Waals surface area contributed by atoms with Gasteiger partial charge >= 0.3 is 0 Å². The van der Waals surface area contributed by atoms with Gasteiger partial charge < -0.3 is 4.52 Å². The molecule has 1 aromatic heterocycles. The van der Waals surface area contributed by atoms with Crippen molar-refractivity contribution < 1.29 is 8.91 Å². The van der Waals surface area contributed by atoms with Crippen molar-refractivity contribution in [1.29, 1.82) is 0 Å². The second kappa shape index (κ2) is 4.11. The van der Waals surface area contributed by atoms with E-state index in [1.165, 1.54) is 12.5 Å². The van der Waals surface area contributed by atoms with Gasteiger partial charge in [0.1, 0.15) is 5.82 Å². The Labute approximate surface area is 103 Å². The molecule has 0 bridgehead atoms. The molecule has 0 saturated heterocycles. The Hall–Kier alpha value is -1.42. The van der Waals surface area contributed by atoms with Gasteiger partial charge in [0.15, 0.2) is 0 Å². The number of benzene rings is 1. The average molecular weight is 253 g/mol. The van der Waals surface area contributed by atoms with E-state index in [0.29, 0.717) is 28.2 Å². The molecule has 0 N–H and O–H groups in total. The molecule has 1 heterocycles. The normalized spacial score (nSPS) is 15.9. The molecule has 3 nitrogen and oxygen atoms in total. The molecule has 0 amide bonds. The molecule has 5 heteroatoms. The summed E-state index contributed by atoms with van der Waals surface area (Å²) in [6, 6.07) is 4.42. The lowest BCUT2D eigenvalue weighted by Gasteiger charge is -2.20. The number of hydrogen-bond donors (Lipinski definition) is 0. The van der Waals surface area contributed by atoms with E-state index in [9.17, 15) is 4.39 Å². The highest BCUT2D eigenvalue weighted by Crippen LogP contribution is 2.36. The van der Waals surface area contributed by atoms with Crippen molar-refractivity contribution >= 4 is 11.6 Å². The monoisotopic (exact) mass is 252 g/mol. The lowest BCUT2D eigenvalue weighted by atomic mass is 9.85. The fourth-order valence-electron chi connectivity index (χ4n) is 1.84. The van der Waals surface area contributed by atoms with Crippen molar-refractivity contribution in [2.24, 2.45) is 0 Å². The summed E-state index contributed by atoms with van der Waals surface area (Å²) >= 11 is 5.69. The van der Waals surface area contributed by atoms with Crippen LogP contribution in [0.25, 0.3) is 11.4 Å². The minimum atomic E-state index is -0.432. The van der Waals surface area contributed by atoms with Gasteiger partial charge in [0.05, 0.1) is 5.56 Å². The topological polar surface area (TPSA) is 38.9 Å². The van der Waals surface area contributed by atoms with E-state index >= 15 is 0 Å². The van der Waals surface area contributed by atoms with Crippen LogP contribution in [0.4, 0.5) is 4.39 Å². The zero-order chi connectivity index (χ0) is 11.8. The first-order valence-electron chi connectivity index (χ1n) is 5.53. The van der Waals surface area contributed by atoms with Crippen molar-refractivity contribution in [2.45, 2.75) is 25.2 Å².